The number of nitrogens with zero attached hydrogens (tertiary/aromatic N) is 1. The van der Waals surface area contributed by atoms with E-state index in [9.17, 15) is 14.4 Å². The molecule has 0 fully saturated rings. The lowest BCUT2D eigenvalue weighted by atomic mass is 10.1. The van der Waals surface area contributed by atoms with Crippen molar-refractivity contribution in [2.75, 3.05) is 20.7 Å². The highest BCUT2D eigenvalue weighted by Crippen LogP contribution is 2.09. The fraction of sp³-hybridized carbons (Fsp3) is 0.471. The first-order valence-electron chi connectivity index (χ1n) is 7.64. The van der Waals surface area contributed by atoms with E-state index in [0.29, 0.717) is 12.1 Å². The molecule has 0 saturated heterocycles. The summed E-state index contributed by atoms with van der Waals surface area (Å²) in [5, 5.41) is 11.4. The molecule has 24 heavy (non-hydrogen) atoms. The van der Waals surface area contributed by atoms with Crippen LogP contribution in [-0.2, 0) is 20.9 Å². The second-order valence-electron chi connectivity index (χ2n) is 5.82. The Morgan fingerprint density at radius 1 is 1.21 bits per heavy atom. The smallest absolute Gasteiger partial charge is 0.334 e. The highest BCUT2D eigenvalue weighted by Gasteiger charge is 2.18. The number of nitrogens with one attached hydrogen (secondary N) is 1. The van der Waals surface area contributed by atoms with Crippen LogP contribution in [-0.4, -0.2) is 54.6 Å². The second-order valence-corrected chi connectivity index (χ2v) is 5.82. The van der Waals surface area contributed by atoms with E-state index in [1.165, 1.54) is 7.11 Å². The molecule has 132 valence electrons. The first-order valence-corrected chi connectivity index (χ1v) is 7.64. The molecule has 7 heteroatoms. The summed E-state index contributed by atoms with van der Waals surface area (Å²) < 4.78 is 4.75. The number of aliphatic carboxylic acids is 1. The summed E-state index contributed by atoms with van der Waals surface area (Å²) in [7, 11) is 3.01. The first-order chi connectivity index (χ1) is 11.3. The summed E-state index contributed by atoms with van der Waals surface area (Å²) in [6.07, 6.45) is -1.08. The predicted molar refractivity (Wildman–Crippen MR) is 88.5 cm³/mol. The fourth-order valence-electron chi connectivity index (χ4n) is 2.11. The summed E-state index contributed by atoms with van der Waals surface area (Å²) in [6.45, 7) is 4.04. The van der Waals surface area contributed by atoms with Gasteiger partial charge in [-0.15, -0.1) is 0 Å². The number of methoxy groups -OCH3 is 1. The van der Waals surface area contributed by atoms with E-state index in [2.05, 4.69) is 5.32 Å². The van der Waals surface area contributed by atoms with Crippen molar-refractivity contribution in [2.24, 2.45) is 5.92 Å². The van der Waals surface area contributed by atoms with Crippen LogP contribution in [0.1, 0.15) is 29.8 Å². The van der Waals surface area contributed by atoms with Gasteiger partial charge in [0.05, 0.1) is 6.54 Å². The molecular formula is C17H24N2O5. The number of carboxylic acids is 1. The fourth-order valence-corrected chi connectivity index (χ4v) is 2.11. The summed E-state index contributed by atoms with van der Waals surface area (Å²) in [5.41, 5.74) is 1.32. The molecule has 2 amide bonds. The topological polar surface area (TPSA) is 95.9 Å². The van der Waals surface area contributed by atoms with Crippen LogP contribution < -0.4 is 5.32 Å². The van der Waals surface area contributed by atoms with E-state index in [0.717, 1.165) is 5.56 Å². The van der Waals surface area contributed by atoms with Crippen molar-refractivity contribution in [3.8, 4) is 0 Å². The van der Waals surface area contributed by atoms with Gasteiger partial charge in [0.2, 0.25) is 5.91 Å². The lowest BCUT2D eigenvalue weighted by Gasteiger charge is -2.19. The van der Waals surface area contributed by atoms with Gasteiger partial charge in [-0.1, -0.05) is 26.0 Å². The van der Waals surface area contributed by atoms with E-state index in [1.807, 2.05) is 13.8 Å². The van der Waals surface area contributed by atoms with Crippen LogP contribution in [0.25, 0.3) is 0 Å². The van der Waals surface area contributed by atoms with Crippen LogP contribution in [0, 0.1) is 5.92 Å². The Morgan fingerprint density at radius 3 is 2.25 bits per heavy atom. The zero-order valence-corrected chi connectivity index (χ0v) is 14.4. The normalized spacial score (nSPS) is 11.9. The van der Waals surface area contributed by atoms with Gasteiger partial charge in [0, 0.05) is 32.2 Å². The zero-order valence-electron chi connectivity index (χ0n) is 14.4. The SMILES string of the molecule is COC(CNC(=O)c1ccc(CN(C)C(=O)C(C)C)cc1)C(=O)O. The average molecular weight is 336 g/mol. The number of amides is 2. The van der Waals surface area contributed by atoms with E-state index in [1.54, 1.807) is 36.2 Å². The van der Waals surface area contributed by atoms with Gasteiger partial charge in [0.25, 0.3) is 5.91 Å². The maximum absolute atomic E-state index is 12.0. The third-order valence-electron chi connectivity index (χ3n) is 3.51. The van der Waals surface area contributed by atoms with E-state index < -0.39 is 12.1 Å². The average Bonchev–Trinajstić information content (AvgIpc) is 2.54. The van der Waals surface area contributed by atoms with Crippen molar-refractivity contribution >= 4 is 17.8 Å². The Morgan fingerprint density at radius 2 is 1.79 bits per heavy atom. The number of ether oxygens (including phenoxy) is 1. The molecular weight excluding hydrogens is 312 g/mol. The monoisotopic (exact) mass is 336 g/mol. The van der Waals surface area contributed by atoms with E-state index in [4.69, 9.17) is 9.84 Å². The summed E-state index contributed by atoms with van der Waals surface area (Å²) in [4.78, 5) is 36.3. The molecule has 0 radical (unpaired) electrons. The molecule has 0 aromatic heterocycles. The molecule has 0 aliphatic carbocycles. The molecule has 1 aromatic carbocycles. The van der Waals surface area contributed by atoms with Crippen LogP contribution >= 0.6 is 0 Å². The lowest BCUT2D eigenvalue weighted by molar-refractivity contribution is -0.148. The first kappa shape index (κ1) is 19.6. The Bertz CT molecular complexity index is 583. The minimum atomic E-state index is -1.13. The Labute approximate surface area is 141 Å². The third kappa shape index (κ3) is 5.66. The minimum Gasteiger partial charge on any atom is -0.479 e. The van der Waals surface area contributed by atoms with Crippen molar-refractivity contribution in [3.63, 3.8) is 0 Å². The largest absolute Gasteiger partial charge is 0.479 e. The molecule has 1 aromatic rings. The van der Waals surface area contributed by atoms with Gasteiger partial charge in [-0.25, -0.2) is 4.79 Å². The number of hydrogen-bond donors (Lipinski definition) is 2. The van der Waals surface area contributed by atoms with Crippen molar-refractivity contribution in [3.05, 3.63) is 35.4 Å². The molecule has 0 heterocycles. The van der Waals surface area contributed by atoms with E-state index >= 15 is 0 Å². The number of benzene rings is 1. The van der Waals surface area contributed by atoms with Crippen LogP contribution in [0.15, 0.2) is 24.3 Å². The summed E-state index contributed by atoms with van der Waals surface area (Å²) in [5.74, 6) is -1.53. The van der Waals surface area contributed by atoms with Gasteiger partial charge in [-0.05, 0) is 17.7 Å². The Balaban J connectivity index is 2.62. The third-order valence-corrected chi connectivity index (χ3v) is 3.51. The van der Waals surface area contributed by atoms with Gasteiger partial charge in [0.15, 0.2) is 6.10 Å². The molecule has 0 aliphatic rings. The Kier molecular flexibility index (Phi) is 7.38. The predicted octanol–water partition coefficient (Wildman–Crippen LogP) is 1.13. The molecule has 0 spiro atoms. The van der Waals surface area contributed by atoms with Gasteiger partial charge in [0.1, 0.15) is 0 Å². The highest BCUT2D eigenvalue weighted by molar-refractivity contribution is 5.94. The van der Waals surface area contributed by atoms with Crippen molar-refractivity contribution in [2.45, 2.75) is 26.5 Å². The highest BCUT2D eigenvalue weighted by atomic mass is 16.5. The molecule has 1 rings (SSSR count). The number of carbonyl (C=O) groups is 3. The Hall–Kier alpha value is -2.41. The van der Waals surface area contributed by atoms with Crippen LogP contribution in [0.3, 0.4) is 0 Å². The lowest BCUT2D eigenvalue weighted by Crippen LogP contribution is -2.37. The molecule has 0 saturated carbocycles. The number of rotatable bonds is 8. The maximum atomic E-state index is 12.0. The maximum Gasteiger partial charge on any atom is 0.334 e. The molecule has 1 atom stereocenters. The van der Waals surface area contributed by atoms with E-state index in [-0.39, 0.29) is 24.3 Å². The molecule has 0 aliphatic heterocycles. The van der Waals surface area contributed by atoms with Gasteiger partial charge in [-0.2, -0.15) is 0 Å². The van der Waals surface area contributed by atoms with Crippen molar-refractivity contribution < 1.29 is 24.2 Å². The molecule has 1 unspecified atom stereocenters. The minimum absolute atomic E-state index is 0.0519. The number of carbonyl (C=O) groups excluding carboxylic acids is 2. The van der Waals surface area contributed by atoms with Gasteiger partial charge < -0.3 is 20.1 Å². The number of carboxylic acid groups (broad SMARTS) is 1. The standard InChI is InChI=1S/C17H24N2O5/c1-11(2)16(21)19(3)10-12-5-7-13(8-6-12)15(20)18-9-14(24-4)17(22)23/h5-8,11,14H,9-10H2,1-4H3,(H,18,20)(H,22,23). The van der Waals surface area contributed by atoms with Gasteiger partial charge >= 0.3 is 5.97 Å². The summed E-state index contributed by atoms with van der Waals surface area (Å²) in [6, 6.07) is 6.82. The van der Waals surface area contributed by atoms with Crippen LogP contribution in [0.5, 0.6) is 0 Å². The second kappa shape index (κ2) is 9.02. The number of hydrogen-bond acceptors (Lipinski definition) is 4. The van der Waals surface area contributed by atoms with Crippen molar-refractivity contribution in [1.29, 1.82) is 0 Å². The van der Waals surface area contributed by atoms with Crippen molar-refractivity contribution in [1.82, 2.24) is 10.2 Å². The van der Waals surface area contributed by atoms with Crippen LogP contribution in [0.2, 0.25) is 0 Å². The molecule has 7 nitrogen and oxygen atoms in total. The summed E-state index contributed by atoms with van der Waals surface area (Å²) >= 11 is 0. The van der Waals surface area contributed by atoms with Crippen LogP contribution in [0.4, 0.5) is 0 Å². The molecule has 0 bridgehead atoms. The molecule has 2 N–H and O–H groups in total. The quantitative estimate of drug-likeness (QED) is 0.742. The zero-order chi connectivity index (χ0) is 18.3. The van der Waals surface area contributed by atoms with Gasteiger partial charge in [-0.3, -0.25) is 9.59 Å².